The molecular weight excluding hydrogens is 370 g/mol. The molecule has 0 bridgehead atoms. The van der Waals surface area contributed by atoms with Gasteiger partial charge in [-0.1, -0.05) is 26.2 Å². The molecule has 1 aliphatic carbocycles. The molecule has 3 heterocycles. The molecule has 1 atom stereocenters. The molecule has 0 amide bonds. The van der Waals surface area contributed by atoms with Crippen LogP contribution in [0.4, 0.5) is 0 Å². The largest absolute Gasteiger partial charge is 0.346 e. The van der Waals surface area contributed by atoms with Gasteiger partial charge < -0.3 is 14.8 Å². The second-order valence-electron chi connectivity index (χ2n) is 10.2. The molecule has 5 heteroatoms. The first kappa shape index (κ1) is 22.3. The molecule has 3 fully saturated rings. The quantitative estimate of drug-likeness (QED) is 0.655. The van der Waals surface area contributed by atoms with Gasteiger partial charge in [0.25, 0.3) is 0 Å². The number of aromatic amines is 1. The van der Waals surface area contributed by atoms with Gasteiger partial charge in [0, 0.05) is 50.9 Å². The van der Waals surface area contributed by atoms with Gasteiger partial charge in [-0.2, -0.15) is 0 Å². The number of aromatic nitrogens is 2. The van der Waals surface area contributed by atoms with Crippen LogP contribution in [0.1, 0.15) is 81.9 Å². The number of rotatable bonds is 9. The minimum atomic E-state index is 0.825. The third-order valence-electron chi connectivity index (χ3n) is 7.83. The van der Waals surface area contributed by atoms with Gasteiger partial charge in [0.15, 0.2) is 0 Å². The molecule has 2 aliphatic heterocycles. The van der Waals surface area contributed by atoms with E-state index in [9.17, 15) is 0 Å². The normalized spacial score (nSPS) is 24.8. The Morgan fingerprint density at radius 3 is 2.53 bits per heavy atom. The molecule has 1 unspecified atom stereocenters. The summed E-state index contributed by atoms with van der Waals surface area (Å²) in [4.78, 5) is 16.7. The van der Waals surface area contributed by atoms with Crippen molar-refractivity contribution in [2.24, 2.45) is 5.92 Å². The Labute approximate surface area is 184 Å². The van der Waals surface area contributed by atoms with Crippen LogP contribution in [0.25, 0.3) is 0 Å². The lowest BCUT2D eigenvalue weighted by molar-refractivity contribution is 0.0908. The van der Waals surface area contributed by atoms with Crippen LogP contribution in [0.15, 0.2) is 0 Å². The number of piperidine rings is 2. The lowest BCUT2D eigenvalue weighted by atomic mass is 9.95. The summed E-state index contributed by atoms with van der Waals surface area (Å²) in [7, 11) is 0. The Bertz CT molecular complexity index is 629. The van der Waals surface area contributed by atoms with Crippen molar-refractivity contribution in [2.45, 2.75) is 90.6 Å². The van der Waals surface area contributed by atoms with Crippen molar-refractivity contribution in [2.75, 3.05) is 45.8 Å². The van der Waals surface area contributed by atoms with E-state index in [4.69, 9.17) is 4.98 Å². The van der Waals surface area contributed by atoms with Gasteiger partial charge in [-0.25, -0.2) is 4.98 Å². The third kappa shape index (κ3) is 6.08. The van der Waals surface area contributed by atoms with Gasteiger partial charge >= 0.3 is 0 Å². The summed E-state index contributed by atoms with van der Waals surface area (Å²) in [6.07, 6.45) is 13.8. The summed E-state index contributed by atoms with van der Waals surface area (Å²) in [6, 6.07) is 0.885. The molecule has 1 aromatic heterocycles. The lowest BCUT2D eigenvalue weighted by Crippen LogP contribution is -2.46. The van der Waals surface area contributed by atoms with Crippen LogP contribution in [0.2, 0.25) is 0 Å². The topological polar surface area (TPSA) is 38.4 Å². The standard InChI is InChI=1S/C25H45N5/c1-3-25-26-21(2)24(27-25)20-29(17-16-28-13-7-4-8-14-28)18-22-10-9-15-30(19-22)23-11-5-6-12-23/h22-23H,3-20H2,1-2H3,(H,26,27). The number of nitrogens with one attached hydrogen (secondary N) is 1. The van der Waals surface area contributed by atoms with E-state index in [1.807, 2.05) is 0 Å². The highest BCUT2D eigenvalue weighted by atomic mass is 15.2. The number of nitrogens with zero attached hydrogens (tertiary/aromatic N) is 4. The van der Waals surface area contributed by atoms with Crippen molar-refractivity contribution in [3.8, 4) is 0 Å². The first-order valence-corrected chi connectivity index (χ1v) is 12.9. The summed E-state index contributed by atoms with van der Waals surface area (Å²) >= 11 is 0. The average molecular weight is 416 g/mol. The van der Waals surface area contributed by atoms with Crippen LogP contribution < -0.4 is 0 Å². The first-order valence-electron chi connectivity index (χ1n) is 12.9. The molecule has 0 radical (unpaired) electrons. The van der Waals surface area contributed by atoms with E-state index in [0.29, 0.717) is 0 Å². The number of likely N-dealkylation sites (tertiary alicyclic amines) is 2. The monoisotopic (exact) mass is 415 g/mol. The zero-order valence-corrected chi connectivity index (χ0v) is 19.7. The van der Waals surface area contributed by atoms with E-state index < -0.39 is 0 Å². The third-order valence-corrected chi connectivity index (χ3v) is 7.83. The predicted molar refractivity (Wildman–Crippen MR) is 125 cm³/mol. The zero-order chi connectivity index (χ0) is 20.8. The van der Waals surface area contributed by atoms with Crippen molar-refractivity contribution in [3.05, 3.63) is 17.2 Å². The molecule has 170 valence electrons. The zero-order valence-electron chi connectivity index (χ0n) is 19.7. The number of hydrogen-bond donors (Lipinski definition) is 1. The fourth-order valence-electron chi connectivity index (χ4n) is 6.01. The minimum absolute atomic E-state index is 0.825. The Kier molecular flexibility index (Phi) is 8.25. The van der Waals surface area contributed by atoms with Crippen molar-refractivity contribution in [3.63, 3.8) is 0 Å². The smallest absolute Gasteiger partial charge is 0.106 e. The fraction of sp³-hybridized carbons (Fsp3) is 0.880. The molecule has 1 aromatic rings. The van der Waals surface area contributed by atoms with Crippen molar-refractivity contribution in [1.82, 2.24) is 24.7 Å². The van der Waals surface area contributed by atoms with E-state index in [1.165, 1.54) is 115 Å². The van der Waals surface area contributed by atoms with Gasteiger partial charge in [-0.3, -0.25) is 4.90 Å². The summed E-state index contributed by atoms with van der Waals surface area (Å²) in [6.45, 7) is 14.3. The maximum atomic E-state index is 4.91. The molecule has 30 heavy (non-hydrogen) atoms. The molecule has 2 saturated heterocycles. The van der Waals surface area contributed by atoms with E-state index in [-0.39, 0.29) is 0 Å². The minimum Gasteiger partial charge on any atom is -0.346 e. The van der Waals surface area contributed by atoms with Crippen molar-refractivity contribution < 1.29 is 0 Å². The van der Waals surface area contributed by atoms with Gasteiger partial charge in [0.2, 0.25) is 0 Å². The Balaban J connectivity index is 1.37. The number of hydrogen-bond acceptors (Lipinski definition) is 4. The molecule has 1 saturated carbocycles. The fourth-order valence-corrected chi connectivity index (χ4v) is 6.01. The van der Waals surface area contributed by atoms with Gasteiger partial charge in [-0.05, 0) is 71.0 Å². The van der Waals surface area contributed by atoms with Crippen LogP contribution in [-0.2, 0) is 13.0 Å². The molecule has 0 spiro atoms. The Hall–Kier alpha value is -0.910. The highest BCUT2D eigenvalue weighted by Gasteiger charge is 2.29. The van der Waals surface area contributed by atoms with Crippen molar-refractivity contribution in [1.29, 1.82) is 0 Å². The summed E-state index contributed by atoms with van der Waals surface area (Å²) in [5.74, 6) is 1.97. The average Bonchev–Trinajstić information content (AvgIpc) is 3.43. The predicted octanol–water partition coefficient (Wildman–Crippen LogP) is 4.22. The number of H-pyrrole nitrogens is 1. The molecule has 0 aromatic carbocycles. The molecule has 4 rings (SSSR count). The van der Waals surface area contributed by atoms with Gasteiger partial charge in [-0.15, -0.1) is 0 Å². The molecular formula is C25H45N5. The van der Waals surface area contributed by atoms with Gasteiger partial charge in [0.1, 0.15) is 5.82 Å². The Morgan fingerprint density at radius 2 is 1.80 bits per heavy atom. The Morgan fingerprint density at radius 1 is 1.00 bits per heavy atom. The second kappa shape index (κ2) is 11.1. The maximum absolute atomic E-state index is 4.91. The van der Waals surface area contributed by atoms with Crippen LogP contribution in [0.5, 0.6) is 0 Å². The van der Waals surface area contributed by atoms with E-state index >= 15 is 0 Å². The highest BCUT2D eigenvalue weighted by Crippen LogP contribution is 2.28. The molecule has 1 N–H and O–H groups in total. The molecule has 3 aliphatic rings. The summed E-state index contributed by atoms with van der Waals surface area (Å²) in [5, 5.41) is 0. The van der Waals surface area contributed by atoms with E-state index in [2.05, 4.69) is 33.5 Å². The SMILES string of the molecule is CCc1nc(CN(CCN2CCCCC2)CC2CCCN(C3CCCC3)C2)c(C)[nH]1. The summed E-state index contributed by atoms with van der Waals surface area (Å²) < 4.78 is 0. The van der Waals surface area contributed by atoms with Crippen molar-refractivity contribution >= 4 is 0 Å². The van der Waals surface area contributed by atoms with Crippen LogP contribution in [-0.4, -0.2) is 76.5 Å². The van der Waals surface area contributed by atoms with Crippen LogP contribution in [0.3, 0.4) is 0 Å². The second-order valence-corrected chi connectivity index (χ2v) is 10.2. The number of imidazole rings is 1. The van der Waals surface area contributed by atoms with Crippen LogP contribution in [0, 0.1) is 12.8 Å². The summed E-state index contributed by atoms with van der Waals surface area (Å²) in [5.41, 5.74) is 2.54. The first-order chi connectivity index (χ1) is 14.7. The van der Waals surface area contributed by atoms with E-state index in [0.717, 1.165) is 30.7 Å². The molecule has 5 nitrogen and oxygen atoms in total. The number of aryl methyl sites for hydroxylation is 2. The van der Waals surface area contributed by atoms with Crippen LogP contribution >= 0.6 is 0 Å². The maximum Gasteiger partial charge on any atom is 0.106 e. The van der Waals surface area contributed by atoms with E-state index in [1.54, 1.807) is 0 Å². The highest BCUT2D eigenvalue weighted by molar-refractivity contribution is 5.13. The van der Waals surface area contributed by atoms with Gasteiger partial charge in [0.05, 0.1) is 5.69 Å². The lowest BCUT2D eigenvalue weighted by Gasteiger charge is -2.39.